The van der Waals surface area contributed by atoms with Gasteiger partial charge in [-0.1, -0.05) is 30.3 Å². The Kier molecular flexibility index (Phi) is 7.13. The van der Waals surface area contributed by atoms with Gasteiger partial charge in [-0.3, -0.25) is 9.59 Å². The standard InChI is InChI=1S/C20H17F3N2O4/c1-11(19(27)25-15-9-8-14(21)17(22)18(15)23)29-20(28)16(24-12(2)26)10-13-6-4-3-5-7-13/h3-11H,1-2H3,(H,24,26)(H,25,27)/b16-10-/t11-/m0/s1. The van der Waals surface area contributed by atoms with Gasteiger partial charge >= 0.3 is 5.97 Å². The first kappa shape index (κ1) is 21.7. The van der Waals surface area contributed by atoms with Gasteiger partial charge in [0.05, 0.1) is 5.69 Å². The highest BCUT2D eigenvalue weighted by atomic mass is 19.2. The van der Waals surface area contributed by atoms with Crippen molar-refractivity contribution >= 4 is 29.5 Å². The zero-order valence-corrected chi connectivity index (χ0v) is 15.5. The number of halogens is 3. The van der Waals surface area contributed by atoms with E-state index in [1.807, 2.05) is 5.32 Å². The van der Waals surface area contributed by atoms with E-state index >= 15 is 0 Å². The molecule has 0 saturated carbocycles. The number of carbonyl (C=O) groups is 3. The average Bonchev–Trinajstić information content (AvgIpc) is 2.68. The van der Waals surface area contributed by atoms with Gasteiger partial charge in [0.15, 0.2) is 23.6 Å². The van der Waals surface area contributed by atoms with E-state index in [1.165, 1.54) is 19.9 Å². The van der Waals surface area contributed by atoms with E-state index in [-0.39, 0.29) is 5.70 Å². The fourth-order valence-corrected chi connectivity index (χ4v) is 2.19. The van der Waals surface area contributed by atoms with Gasteiger partial charge < -0.3 is 15.4 Å². The Morgan fingerprint density at radius 1 is 1.00 bits per heavy atom. The molecule has 6 nitrogen and oxygen atoms in total. The van der Waals surface area contributed by atoms with Gasteiger partial charge in [0.1, 0.15) is 5.70 Å². The van der Waals surface area contributed by atoms with Crippen molar-refractivity contribution in [2.45, 2.75) is 20.0 Å². The molecule has 0 bridgehead atoms. The fraction of sp³-hybridized carbons (Fsp3) is 0.150. The van der Waals surface area contributed by atoms with Gasteiger partial charge in [-0.25, -0.2) is 18.0 Å². The molecular weight excluding hydrogens is 389 g/mol. The van der Waals surface area contributed by atoms with Crippen LogP contribution in [-0.2, 0) is 19.1 Å². The molecule has 2 aromatic carbocycles. The lowest BCUT2D eigenvalue weighted by Crippen LogP contribution is -2.34. The predicted octanol–water partition coefficient (Wildman–Crippen LogP) is 3.15. The van der Waals surface area contributed by atoms with E-state index in [0.29, 0.717) is 11.6 Å². The molecule has 0 unspecified atom stereocenters. The summed E-state index contributed by atoms with van der Waals surface area (Å²) in [6, 6.07) is 10.0. The van der Waals surface area contributed by atoms with Crippen molar-refractivity contribution in [3.63, 3.8) is 0 Å². The van der Waals surface area contributed by atoms with Gasteiger partial charge in [-0.05, 0) is 30.7 Å². The maximum atomic E-state index is 13.7. The second kappa shape index (κ2) is 9.54. The van der Waals surface area contributed by atoms with E-state index in [1.54, 1.807) is 30.3 Å². The third kappa shape index (κ3) is 5.93. The Bertz CT molecular complexity index is 962. The molecule has 0 aliphatic rings. The molecule has 2 aromatic rings. The number of hydrogen-bond acceptors (Lipinski definition) is 4. The lowest BCUT2D eigenvalue weighted by Gasteiger charge is -2.15. The third-order valence-electron chi connectivity index (χ3n) is 3.59. The highest BCUT2D eigenvalue weighted by Crippen LogP contribution is 2.20. The molecule has 0 aliphatic carbocycles. The van der Waals surface area contributed by atoms with Crippen molar-refractivity contribution in [1.29, 1.82) is 0 Å². The number of ether oxygens (including phenoxy) is 1. The molecule has 0 radical (unpaired) electrons. The van der Waals surface area contributed by atoms with Gasteiger partial charge in [0, 0.05) is 6.92 Å². The van der Waals surface area contributed by atoms with Crippen molar-refractivity contribution in [1.82, 2.24) is 5.32 Å². The first-order chi connectivity index (χ1) is 13.7. The third-order valence-corrected chi connectivity index (χ3v) is 3.59. The van der Waals surface area contributed by atoms with Gasteiger partial charge in [-0.15, -0.1) is 0 Å². The molecule has 2 amide bonds. The van der Waals surface area contributed by atoms with Crippen LogP contribution in [0.5, 0.6) is 0 Å². The molecule has 0 fully saturated rings. The lowest BCUT2D eigenvalue weighted by molar-refractivity contribution is -0.149. The van der Waals surface area contributed by atoms with Crippen molar-refractivity contribution in [2.75, 3.05) is 5.32 Å². The summed E-state index contributed by atoms with van der Waals surface area (Å²) in [4.78, 5) is 35.8. The number of carbonyl (C=O) groups excluding carboxylic acids is 3. The molecular formula is C20H17F3N2O4. The number of benzene rings is 2. The second-order valence-corrected chi connectivity index (χ2v) is 5.91. The molecule has 0 aliphatic heterocycles. The number of anilines is 1. The van der Waals surface area contributed by atoms with E-state index < -0.39 is 47.0 Å². The van der Waals surface area contributed by atoms with Crippen molar-refractivity contribution < 1.29 is 32.3 Å². The van der Waals surface area contributed by atoms with Crippen molar-refractivity contribution in [2.24, 2.45) is 0 Å². The highest BCUT2D eigenvalue weighted by molar-refractivity contribution is 6.00. The van der Waals surface area contributed by atoms with E-state index in [2.05, 4.69) is 5.32 Å². The number of amides is 2. The van der Waals surface area contributed by atoms with Crippen molar-refractivity contribution in [3.05, 3.63) is 71.2 Å². The van der Waals surface area contributed by atoms with Crippen LogP contribution in [0, 0.1) is 17.5 Å². The molecule has 29 heavy (non-hydrogen) atoms. The van der Waals surface area contributed by atoms with Gasteiger partial charge in [0.2, 0.25) is 5.91 Å². The minimum absolute atomic E-state index is 0.220. The number of nitrogens with one attached hydrogen (secondary N) is 2. The predicted molar refractivity (Wildman–Crippen MR) is 98.7 cm³/mol. The van der Waals surface area contributed by atoms with Crippen LogP contribution in [0.2, 0.25) is 0 Å². The Morgan fingerprint density at radius 2 is 1.66 bits per heavy atom. The van der Waals surface area contributed by atoms with Crippen LogP contribution in [0.15, 0.2) is 48.2 Å². The molecule has 1 atom stereocenters. The maximum Gasteiger partial charge on any atom is 0.355 e. The first-order valence-electron chi connectivity index (χ1n) is 8.38. The molecule has 0 saturated heterocycles. The first-order valence-corrected chi connectivity index (χ1v) is 8.38. The second-order valence-electron chi connectivity index (χ2n) is 5.91. The number of esters is 1. The quantitative estimate of drug-likeness (QED) is 0.439. The molecule has 152 valence electrons. The molecule has 2 N–H and O–H groups in total. The van der Waals surface area contributed by atoms with Crippen LogP contribution in [0.1, 0.15) is 19.4 Å². The van der Waals surface area contributed by atoms with Crippen LogP contribution in [0.25, 0.3) is 6.08 Å². The van der Waals surface area contributed by atoms with E-state index in [4.69, 9.17) is 4.74 Å². The monoisotopic (exact) mass is 406 g/mol. The summed E-state index contributed by atoms with van der Waals surface area (Å²) >= 11 is 0. The molecule has 0 aromatic heterocycles. The molecule has 0 heterocycles. The Balaban J connectivity index is 2.12. The van der Waals surface area contributed by atoms with Crippen LogP contribution in [0.3, 0.4) is 0 Å². The average molecular weight is 406 g/mol. The summed E-state index contributed by atoms with van der Waals surface area (Å²) in [7, 11) is 0. The topological polar surface area (TPSA) is 84.5 Å². The Morgan fingerprint density at radius 3 is 2.28 bits per heavy atom. The SMILES string of the molecule is CC(=O)N/C(=C\c1ccccc1)C(=O)O[C@@H](C)C(=O)Nc1ccc(F)c(F)c1F. The summed E-state index contributed by atoms with van der Waals surface area (Å²) in [5.74, 6) is -7.27. The summed E-state index contributed by atoms with van der Waals surface area (Å²) in [5.41, 5.74) is -0.241. The number of hydrogen-bond donors (Lipinski definition) is 2. The van der Waals surface area contributed by atoms with Crippen LogP contribution < -0.4 is 10.6 Å². The largest absolute Gasteiger partial charge is 0.448 e. The minimum Gasteiger partial charge on any atom is -0.448 e. The normalized spacial score (nSPS) is 12.1. The van der Waals surface area contributed by atoms with Crippen LogP contribution in [-0.4, -0.2) is 23.9 Å². The fourth-order valence-electron chi connectivity index (χ4n) is 2.19. The molecule has 0 spiro atoms. The summed E-state index contributed by atoms with van der Waals surface area (Å²) in [6.45, 7) is 2.38. The summed E-state index contributed by atoms with van der Waals surface area (Å²) < 4.78 is 44.9. The van der Waals surface area contributed by atoms with E-state index in [0.717, 1.165) is 6.07 Å². The minimum atomic E-state index is -1.74. The van der Waals surface area contributed by atoms with Crippen molar-refractivity contribution in [3.8, 4) is 0 Å². The Labute approximate surface area is 164 Å². The Hall–Kier alpha value is -3.62. The molecule has 9 heteroatoms. The van der Waals surface area contributed by atoms with Crippen LogP contribution in [0.4, 0.5) is 18.9 Å². The van der Waals surface area contributed by atoms with E-state index in [9.17, 15) is 27.6 Å². The molecule has 2 rings (SSSR count). The lowest BCUT2D eigenvalue weighted by atomic mass is 10.2. The number of rotatable bonds is 6. The zero-order chi connectivity index (χ0) is 21.6. The van der Waals surface area contributed by atoms with Gasteiger partial charge in [0.25, 0.3) is 5.91 Å². The van der Waals surface area contributed by atoms with Gasteiger partial charge in [-0.2, -0.15) is 0 Å². The smallest absolute Gasteiger partial charge is 0.355 e. The summed E-state index contributed by atoms with van der Waals surface area (Å²) in [6.07, 6.45) is -0.0773. The summed E-state index contributed by atoms with van der Waals surface area (Å²) in [5, 5.41) is 4.32. The maximum absolute atomic E-state index is 13.7. The highest BCUT2D eigenvalue weighted by Gasteiger charge is 2.23. The van der Waals surface area contributed by atoms with Crippen LogP contribution >= 0.6 is 0 Å². The zero-order valence-electron chi connectivity index (χ0n) is 15.5.